The van der Waals surface area contributed by atoms with E-state index in [4.69, 9.17) is 11.5 Å². The Bertz CT molecular complexity index is 442. The number of aliphatic imine (C=N–C) groups is 1. The van der Waals surface area contributed by atoms with Gasteiger partial charge in [0, 0.05) is 18.3 Å². The van der Waals surface area contributed by atoms with Gasteiger partial charge in [-0.15, -0.1) is 0 Å². The first-order chi connectivity index (χ1) is 7.61. The monoisotopic (exact) mass is 222 g/mol. The fourth-order valence-corrected chi connectivity index (χ4v) is 1.05. The van der Waals surface area contributed by atoms with E-state index in [0.29, 0.717) is 11.3 Å². The molecular formula is C10H11FN4O. The smallest absolute Gasteiger partial charge is 0.338 e. The third-order valence-electron chi connectivity index (χ3n) is 1.73. The number of hydrogen-bond donors (Lipinski definition) is 2. The van der Waals surface area contributed by atoms with E-state index < -0.39 is 12.0 Å². The van der Waals surface area contributed by atoms with Crippen molar-refractivity contribution in [2.45, 2.75) is 6.42 Å². The van der Waals surface area contributed by atoms with Gasteiger partial charge in [-0.2, -0.15) is 4.39 Å². The Balaban J connectivity index is 2.75. The van der Waals surface area contributed by atoms with E-state index in [2.05, 4.69) is 9.98 Å². The van der Waals surface area contributed by atoms with Crippen molar-refractivity contribution in [2.75, 3.05) is 0 Å². The molecule has 0 saturated heterocycles. The van der Waals surface area contributed by atoms with Crippen LogP contribution in [-0.4, -0.2) is 17.2 Å². The number of halogens is 1. The van der Waals surface area contributed by atoms with Crippen molar-refractivity contribution >= 4 is 12.2 Å². The third-order valence-corrected chi connectivity index (χ3v) is 1.73. The Hall–Kier alpha value is -2.24. The number of urea groups is 1. The molecule has 5 nitrogen and oxygen atoms in total. The quantitative estimate of drug-likeness (QED) is 0.583. The maximum Gasteiger partial charge on any atom is 0.338 e. The lowest BCUT2D eigenvalue weighted by atomic mass is 10.1. The average molecular weight is 222 g/mol. The molecule has 1 heterocycles. The number of primary amides is 1. The molecule has 0 fully saturated rings. The SMILES string of the molecule is N/C=C(\C=N\C(N)=O)Cc1cccc(F)n1. The highest BCUT2D eigenvalue weighted by molar-refractivity contribution is 5.89. The van der Waals surface area contributed by atoms with Gasteiger partial charge in [-0.05, 0) is 23.9 Å². The topological polar surface area (TPSA) is 94.4 Å². The summed E-state index contributed by atoms with van der Waals surface area (Å²) in [6.45, 7) is 0. The maximum atomic E-state index is 12.8. The molecule has 0 atom stereocenters. The molecular weight excluding hydrogens is 211 g/mol. The minimum Gasteiger partial charge on any atom is -0.404 e. The summed E-state index contributed by atoms with van der Waals surface area (Å²) < 4.78 is 12.8. The van der Waals surface area contributed by atoms with Crippen LogP contribution >= 0.6 is 0 Å². The molecule has 0 saturated carbocycles. The summed E-state index contributed by atoms with van der Waals surface area (Å²) >= 11 is 0. The van der Waals surface area contributed by atoms with E-state index in [1.54, 1.807) is 6.07 Å². The third kappa shape index (κ3) is 3.87. The predicted octanol–water partition coefficient (Wildman–Crippen LogP) is 0.755. The molecule has 0 aliphatic heterocycles. The average Bonchev–Trinajstić information content (AvgIpc) is 2.24. The predicted molar refractivity (Wildman–Crippen MR) is 58.2 cm³/mol. The lowest BCUT2D eigenvalue weighted by molar-refractivity contribution is 0.257. The van der Waals surface area contributed by atoms with Crippen LogP contribution in [-0.2, 0) is 6.42 Å². The summed E-state index contributed by atoms with van der Waals surface area (Å²) in [4.78, 5) is 17.4. The maximum absolute atomic E-state index is 12.8. The molecule has 2 amide bonds. The molecule has 1 rings (SSSR count). The van der Waals surface area contributed by atoms with Crippen LogP contribution in [0.5, 0.6) is 0 Å². The van der Waals surface area contributed by atoms with Crippen molar-refractivity contribution in [1.29, 1.82) is 0 Å². The van der Waals surface area contributed by atoms with Gasteiger partial charge in [-0.3, -0.25) is 0 Å². The van der Waals surface area contributed by atoms with Gasteiger partial charge in [0.05, 0.1) is 0 Å². The number of rotatable bonds is 3. The second-order valence-corrected chi connectivity index (χ2v) is 2.97. The van der Waals surface area contributed by atoms with E-state index in [1.165, 1.54) is 24.5 Å². The van der Waals surface area contributed by atoms with Crippen LogP contribution < -0.4 is 11.5 Å². The summed E-state index contributed by atoms with van der Waals surface area (Å²) in [5.74, 6) is -0.569. The first kappa shape index (κ1) is 11.8. The zero-order chi connectivity index (χ0) is 12.0. The Kier molecular flexibility index (Phi) is 4.14. The molecule has 0 unspecified atom stereocenters. The van der Waals surface area contributed by atoms with Gasteiger partial charge < -0.3 is 11.5 Å². The molecule has 0 radical (unpaired) electrons. The van der Waals surface area contributed by atoms with Crippen molar-refractivity contribution in [3.8, 4) is 0 Å². The number of carbonyl (C=O) groups excluding carboxylic acids is 1. The van der Waals surface area contributed by atoms with Crippen LogP contribution in [0.4, 0.5) is 9.18 Å². The standard InChI is InChI=1S/C10H11FN4O/c11-9-3-1-2-8(15-9)4-7(5-12)6-14-10(13)16/h1-3,5-6H,4,12H2,(H2,13,16)/b7-5-,14-6+. The Labute approximate surface area is 91.7 Å². The fraction of sp³-hybridized carbons (Fsp3) is 0.100. The fourth-order valence-electron chi connectivity index (χ4n) is 1.05. The molecule has 1 aromatic heterocycles. The number of carbonyl (C=O) groups is 1. The zero-order valence-corrected chi connectivity index (χ0v) is 8.43. The van der Waals surface area contributed by atoms with Crippen molar-refractivity contribution in [2.24, 2.45) is 16.5 Å². The molecule has 4 N–H and O–H groups in total. The lowest BCUT2D eigenvalue weighted by Gasteiger charge is -2.00. The molecule has 0 spiro atoms. The number of aromatic nitrogens is 1. The van der Waals surface area contributed by atoms with Gasteiger partial charge >= 0.3 is 6.03 Å². The Morgan fingerprint density at radius 3 is 2.88 bits per heavy atom. The lowest BCUT2D eigenvalue weighted by Crippen LogP contribution is -2.06. The van der Waals surface area contributed by atoms with Crippen LogP contribution in [0.15, 0.2) is 35.0 Å². The van der Waals surface area contributed by atoms with Crippen LogP contribution in [0.2, 0.25) is 0 Å². The minimum atomic E-state index is -0.813. The largest absolute Gasteiger partial charge is 0.404 e. The normalized spacial score (nSPS) is 11.9. The van der Waals surface area contributed by atoms with Gasteiger partial charge in [0.15, 0.2) is 0 Å². The van der Waals surface area contributed by atoms with Crippen LogP contribution in [0.25, 0.3) is 0 Å². The Morgan fingerprint density at radius 1 is 1.56 bits per heavy atom. The molecule has 0 bridgehead atoms. The molecule has 16 heavy (non-hydrogen) atoms. The number of amides is 2. The highest BCUT2D eigenvalue weighted by Gasteiger charge is 2.00. The minimum absolute atomic E-state index is 0.283. The van der Waals surface area contributed by atoms with Crippen LogP contribution in [0.3, 0.4) is 0 Å². The van der Waals surface area contributed by atoms with Gasteiger partial charge in [0.1, 0.15) is 0 Å². The van der Waals surface area contributed by atoms with Crippen LogP contribution in [0, 0.1) is 5.95 Å². The Morgan fingerprint density at radius 2 is 2.31 bits per heavy atom. The summed E-state index contributed by atoms with van der Waals surface area (Å²) in [5.41, 5.74) is 11.2. The van der Waals surface area contributed by atoms with Crippen molar-refractivity contribution < 1.29 is 9.18 Å². The van der Waals surface area contributed by atoms with E-state index >= 15 is 0 Å². The second kappa shape index (κ2) is 5.59. The van der Waals surface area contributed by atoms with Crippen molar-refractivity contribution in [1.82, 2.24) is 4.98 Å². The van der Waals surface area contributed by atoms with Gasteiger partial charge in [0.25, 0.3) is 0 Å². The number of nitrogens with zero attached hydrogens (tertiary/aromatic N) is 2. The zero-order valence-electron chi connectivity index (χ0n) is 8.43. The highest BCUT2D eigenvalue weighted by atomic mass is 19.1. The number of hydrogen-bond acceptors (Lipinski definition) is 3. The molecule has 1 aromatic rings. The summed E-state index contributed by atoms with van der Waals surface area (Å²) in [5, 5.41) is 0. The molecule has 0 aliphatic carbocycles. The van der Waals surface area contributed by atoms with Crippen molar-refractivity contribution in [3.63, 3.8) is 0 Å². The second-order valence-electron chi connectivity index (χ2n) is 2.97. The number of allylic oxidation sites excluding steroid dienone is 1. The van der Waals surface area contributed by atoms with E-state index in [1.807, 2.05) is 0 Å². The summed E-state index contributed by atoms with van der Waals surface area (Å²) in [7, 11) is 0. The molecule has 6 heteroatoms. The van der Waals surface area contributed by atoms with Gasteiger partial charge in [-0.25, -0.2) is 14.8 Å². The highest BCUT2D eigenvalue weighted by Crippen LogP contribution is 2.04. The summed E-state index contributed by atoms with van der Waals surface area (Å²) in [6.07, 6.45) is 2.78. The van der Waals surface area contributed by atoms with Gasteiger partial charge in [0.2, 0.25) is 5.95 Å². The molecule has 0 aliphatic rings. The van der Waals surface area contributed by atoms with E-state index in [9.17, 15) is 9.18 Å². The van der Waals surface area contributed by atoms with E-state index in [-0.39, 0.29) is 6.42 Å². The number of pyridine rings is 1. The van der Waals surface area contributed by atoms with E-state index in [0.717, 1.165) is 0 Å². The first-order valence-corrected chi connectivity index (χ1v) is 4.47. The van der Waals surface area contributed by atoms with Crippen LogP contribution in [0.1, 0.15) is 5.69 Å². The molecule has 0 aromatic carbocycles. The van der Waals surface area contributed by atoms with Gasteiger partial charge in [-0.1, -0.05) is 6.07 Å². The molecule has 84 valence electrons. The first-order valence-electron chi connectivity index (χ1n) is 4.47. The van der Waals surface area contributed by atoms with Crippen molar-refractivity contribution in [3.05, 3.63) is 41.6 Å². The number of nitrogens with two attached hydrogens (primary N) is 2. The summed E-state index contributed by atoms with van der Waals surface area (Å²) in [6, 6.07) is 3.61.